The zero-order valence-corrected chi connectivity index (χ0v) is 11.1. The molecule has 1 aliphatic carbocycles. The Hall–Kier alpha value is -1.37. The molecule has 2 atom stereocenters. The summed E-state index contributed by atoms with van der Waals surface area (Å²) in [6, 6.07) is 3.52. The summed E-state index contributed by atoms with van der Waals surface area (Å²) >= 11 is 0. The fraction of sp³-hybridized carbons (Fsp3) is 0.615. The van der Waals surface area contributed by atoms with Crippen LogP contribution < -0.4 is 11.3 Å². The van der Waals surface area contributed by atoms with Gasteiger partial charge in [0.15, 0.2) is 5.76 Å². The van der Waals surface area contributed by atoms with Crippen LogP contribution in [0.5, 0.6) is 0 Å². The molecule has 1 fully saturated rings. The molecule has 2 unspecified atom stereocenters. The average molecular weight is 267 g/mol. The van der Waals surface area contributed by atoms with E-state index in [0.717, 1.165) is 25.7 Å². The quantitative estimate of drug-likeness (QED) is 0.422. The topological polar surface area (TPSA) is 91.7 Å². The van der Waals surface area contributed by atoms with Gasteiger partial charge in [0.25, 0.3) is 0 Å². The highest BCUT2D eigenvalue weighted by Gasteiger charge is 2.27. The molecule has 1 aromatic heterocycles. The third kappa shape index (κ3) is 3.34. The third-order valence-electron chi connectivity index (χ3n) is 3.68. The Balaban J connectivity index is 1.96. The SMILES string of the molecule is CN(Cc1ccc(C(=O)NN)o1)C1CCCCC1O. The van der Waals surface area contributed by atoms with E-state index in [4.69, 9.17) is 10.3 Å². The zero-order valence-electron chi connectivity index (χ0n) is 11.1. The second-order valence-corrected chi connectivity index (χ2v) is 5.07. The Morgan fingerprint density at radius 2 is 2.26 bits per heavy atom. The molecule has 0 aromatic carbocycles. The van der Waals surface area contributed by atoms with Gasteiger partial charge in [0.05, 0.1) is 12.6 Å². The van der Waals surface area contributed by atoms with Crippen LogP contribution in [-0.2, 0) is 6.54 Å². The van der Waals surface area contributed by atoms with Crippen LogP contribution in [0.4, 0.5) is 0 Å². The number of nitrogens with one attached hydrogen (secondary N) is 1. The number of carbonyl (C=O) groups excluding carboxylic acids is 1. The highest BCUT2D eigenvalue weighted by Crippen LogP contribution is 2.23. The van der Waals surface area contributed by atoms with E-state index in [2.05, 4.69) is 4.90 Å². The Kier molecular flexibility index (Phi) is 4.57. The number of nitrogens with zero attached hydrogens (tertiary/aromatic N) is 1. The molecule has 6 nitrogen and oxygen atoms in total. The van der Waals surface area contributed by atoms with Crippen LogP contribution in [0.3, 0.4) is 0 Å². The van der Waals surface area contributed by atoms with Crippen LogP contribution in [0.2, 0.25) is 0 Å². The Labute approximate surface area is 112 Å². The van der Waals surface area contributed by atoms with Gasteiger partial charge < -0.3 is 9.52 Å². The lowest BCUT2D eigenvalue weighted by Gasteiger charge is -2.34. The second kappa shape index (κ2) is 6.18. The molecule has 6 heteroatoms. The minimum atomic E-state index is -0.438. The van der Waals surface area contributed by atoms with Crippen LogP contribution in [0.1, 0.15) is 42.0 Å². The van der Waals surface area contributed by atoms with Crippen molar-refractivity contribution >= 4 is 5.91 Å². The van der Waals surface area contributed by atoms with Crippen LogP contribution >= 0.6 is 0 Å². The van der Waals surface area contributed by atoms with Crippen molar-refractivity contribution in [2.24, 2.45) is 5.84 Å². The van der Waals surface area contributed by atoms with Crippen LogP contribution in [-0.4, -0.2) is 35.1 Å². The molecule has 106 valence electrons. The van der Waals surface area contributed by atoms with Crippen molar-refractivity contribution in [1.29, 1.82) is 0 Å². The van der Waals surface area contributed by atoms with Crippen LogP contribution in [0.25, 0.3) is 0 Å². The number of carbonyl (C=O) groups is 1. The largest absolute Gasteiger partial charge is 0.455 e. The Bertz CT molecular complexity index is 433. The van der Waals surface area contributed by atoms with Gasteiger partial charge in [-0.2, -0.15) is 0 Å². The zero-order chi connectivity index (χ0) is 13.8. The first kappa shape index (κ1) is 14.0. The molecule has 1 aliphatic rings. The number of hydrogen-bond acceptors (Lipinski definition) is 5. The van der Waals surface area contributed by atoms with Gasteiger partial charge in [0, 0.05) is 6.04 Å². The highest BCUT2D eigenvalue weighted by molar-refractivity contribution is 5.90. The van der Waals surface area contributed by atoms with E-state index in [1.165, 1.54) is 0 Å². The fourth-order valence-corrected chi connectivity index (χ4v) is 2.62. The summed E-state index contributed by atoms with van der Waals surface area (Å²) in [5.41, 5.74) is 2.03. The summed E-state index contributed by atoms with van der Waals surface area (Å²) in [5.74, 6) is 5.51. The first-order valence-corrected chi connectivity index (χ1v) is 6.59. The van der Waals surface area contributed by atoms with Gasteiger partial charge in [-0.05, 0) is 32.0 Å². The van der Waals surface area contributed by atoms with Gasteiger partial charge in [0.2, 0.25) is 0 Å². The molecular formula is C13H21N3O3. The van der Waals surface area contributed by atoms with E-state index < -0.39 is 5.91 Å². The molecule has 0 spiro atoms. The van der Waals surface area contributed by atoms with Gasteiger partial charge in [-0.3, -0.25) is 15.1 Å². The van der Waals surface area contributed by atoms with Crippen LogP contribution in [0.15, 0.2) is 16.5 Å². The number of amides is 1. The molecule has 19 heavy (non-hydrogen) atoms. The van der Waals surface area contributed by atoms with Crippen LogP contribution in [0, 0.1) is 0 Å². The van der Waals surface area contributed by atoms with Gasteiger partial charge in [-0.15, -0.1) is 0 Å². The second-order valence-electron chi connectivity index (χ2n) is 5.07. The number of aliphatic hydroxyl groups excluding tert-OH is 1. The van der Waals surface area contributed by atoms with E-state index in [0.29, 0.717) is 12.3 Å². The molecular weight excluding hydrogens is 246 g/mol. The predicted octanol–water partition coefficient (Wildman–Crippen LogP) is 0.618. The van der Waals surface area contributed by atoms with E-state index >= 15 is 0 Å². The van der Waals surface area contributed by atoms with E-state index in [-0.39, 0.29) is 17.9 Å². The smallest absolute Gasteiger partial charge is 0.300 e. The molecule has 0 radical (unpaired) electrons. The molecule has 2 rings (SSSR count). The predicted molar refractivity (Wildman–Crippen MR) is 70.1 cm³/mol. The van der Waals surface area contributed by atoms with Crippen molar-refractivity contribution in [3.8, 4) is 0 Å². The number of furan rings is 1. The normalized spacial score (nSPS) is 23.6. The summed E-state index contributed by atoms with van der Waals surface area (Å²) in [6.45, 7) is 0.569. The third-order valence-corrected chi connectivity index (χ3v) is 3.68. The lowest BCUT2D eigenvalue weighted by atomic mass is 9.91. The molecule has 0 bridgehead atoms. The summed E-state index contributed by atoms with van der Waals surface area (Å²) < 4.78 is 5.42. The van der Waals surface area contributed by atoms with E-state index in [9.17, 15) is 9.90 Å². The molecule has 4 N–H and O–H groups in total. The summed E-state index contributed by atoms with van der Waals surface area (Å²) in [5, 5.41) is 10.00. The number of likely N-dealkylation sites (N-methyl/N-ethyl adjacent to an activating group) is 1. The molecule has 1 aromatic rings. The van der Waals surface area contributed by atoms with Crippen molar-refractivity contribution < 1.29 is 14.3 Å². The van der Waals surface area contributed by atoms with Gasteiger partial charge >= 0.3 is 5.91 Å². The lowest BCUT2D eigenvalue weighted by molar-refractivity contribution is 0.0261. The van der Waals surface area contributed by atoms with E-state index in [1.54, 1.807) is 12.1 Å². The minimum absolute atomic E-state index is 0.158. The molecule has 0 saturated heterocycles. The van der Waals surface area contributed by atoms with Gasteiger partial charge in [-0.25, -0.2) is 5.84 Å². The molecule has 1 amide bonds. The maximum atomic E-state index is 11.3. The first-order valence-electron chi connectivity index (χ1n) is 6.59. The number of nitrogen functional groups attached to an aromatic ring is 1. The van der Waals surface area contributed by atoms with Crippen molar-refractivity contribution in [3.05, 3.63) is 23.7 Å². The number of aliphatic hydroxyl groups is 1. The maximum Gasteiger partial charge on any atom is 0.300 e. The van der Waals surface area contributed by atoms with Crippen molar-refractivity contribution in [1.82, 2.24) is 10.3 Å². The standard InChI is InChI=1S/C13H21N3O3/c1-16(10-4-2-3-5-11(10)17)8-9-6-7-12(19-9)13(18)15-14/h6-7,10-11,17H,2-5,8,14H2,1H3,(H,15,18). The Morgan fingerprint density at radius 3 is 2.95 bits per heavy atom. The van der Waals surface area contributed by atoms with Gasteiger partial charge in [0.1, 0.15) is 5.76 Å². The molecule has 0 aliphatic heterocycles. The summed E-state index contributed by atoms with van der Waals surface area (Å²) in [4.78, 5) is 13.4. The average Bonchev–Trinajstić information content (AvgIpc) is 2.86. The summed E-state index contributed by atoms with van der Waals surface area (Å²) in [7, 11) is 1.96. The monoisotopic (exact) mass is 267 g/mol. The molecule has 1 heterocycles. The Morgan fingerprint density at radius 1 is 1.53 bits per heavy atom. The number of nitrogens with two attached hydrogens (primary N) is 1. The van der Waals surface area contributed by atoms with Gasteiger partial charge in [-0.1, -0.05) is 12.8 Å². The van der Waals surface area contributed by atoms with Crippen molar-refractivity contribution in [2.45, 2.75) is 44.4 Å². The van der Waals surface area contributed by atoms with Crippen molar-refractivity contribution in [3.63, 3.8) is 0 Å². The summed E-state index contributed by atoms with van der Waals surface area (Å²) in [6.07, 6.45) is 3.81. The van der Waals surface area contributed by atoms with Crippen molar-refractivity contribution in [2.75, 3.05) is 7.05 Å². The fourth-order valence-electron chi connectivity index (χ4n) is 2.62. The minimum Gasteiger partial charge on any atom is -0.455 e. The number of hydrogen-bond donors (Lipinski definition) is 3. The molecule has 1 saturated carbocycles. The lowest BCUT2D eigenvalue weighted by Crippen LogP contribution is -2.42. The maximum absolute atomic E-state index is 11.3. The highest BCUT2D eigenvalue weighted by atomic mass is 16.4. The van der Waals surface area contributed by atoms with E-state index in [1.807, 2.05) is 12.5 Å². The number of rotatable bonds is 4. The first-order chi connectivity index (χ1) is 9.11. The number of hydrazine groups is 1.